The van der Waals surface area contributed by atoms with Crippen molar-refractivity contribution in [2.75, 3.05) is 34.8 Å². The predicted molar refractivity (Wildman–Crippen MR) is 81.5 cm³/mol. The number of fused-ring (bicyclic) bond motifs is 4. The van der Waals surface area contributed by atoms with Gasteiger partial charge in [0.1, 0.15) is 11.9 Å². The Morgan fingerprint density at radius 3 is 2.50 bits per heavy atom. The van der Waals surface area contributed by atoms with Crippen LogP contribution in [-0.4, -0.2) is 54.2 Å². The van der Waals surface area contributed by atoms with Gasteiger partial charge < -0.3 is 19.9 Å². The number of hydrogen-bond acceptors (Lipinski definition) is 6. The highest BCUT2D eigenvalue weighted by molar-refractivity contribution is 6.28. The van der Waals surface area contributed by atoms with E-state index in [4.69, 9.17) is 16.3 Å². The number of anilines is 3. The molecule has 2 atom stereocenters. The van der Waals surface area contributed by atoms with Crippen molar-refractivity contribution in [3.63, 3.8) is 0 Å². The van der Waals surface area contributed by atoms with Crippen molar-refractivity contribution in [1.29, 1.82) is 0 Å². The molecule has 4 fully saturated rings. The number of morpholine rings is 1. The Bertz CT molecular complexity index is 696. The molecule has 1 N–H and O–H groups in total. The number of halogens is 4. The van der Waals surface area contributed by atoms with E-state index in [2.05, 4.69) is 20.2 Å². The maximum absolute atomic E-state index is 13.3. The summed E-state index contributed by atoms with van der Waals surface area (Å²) in [7, 11) is 0. The van der Waals surface area contributed by atoms with Crippen LogP contribution < -0.4 is 15.1 Å². The number of ether oxygens (including phenoxy) is 1. The van der Waals surface area contributed by atoms with Gasteiger partial charge in [-0.25, -0.2) is 0 Å². The number of alkyl halides is 3. The molecule has 0 aromatic carbocycles. The van der Waals surface area contributed by atoms with E-state index in [0.29, 0.717) is 35.8 Å². The highest BCUT2D eigenvalue weighted by atomic mass is 35.5. The Hall–Kier alpha value is -1.48. The van der Waals surface area contributed by atoms with Crippen molar-refractivity contribution in [2.24, 2.45) is 5.92 Å². The molecule has 10 heteroatoms. The van der Waals surface area contributed by atoms with Gasteiger partial charge in [0.25, 0.3) is 0 Å². The second-order valence-electron chi connectivity index (χ2n) is 6.77. The van der Waals surface area contributed by atoms with Crippen LogP contribution in [0.2, 0.25) is 5.28 Å². The van der Waals surface area contributed by atoms with Gasteiger partial charge in [0.05, 0.1) is 6.61 Å². The zero-order valence-electron chi connectivity index (χ0n) is 12.6. The molecule has 3 saturated heterocycles. The fourth-order valence-electron chi connectivity index (χ4n) is 4.23. The van der Waals surface area contributed by atoms with Gasteiger partial charge in [0.15, 0.2) is 17.7 Å². The van der Waals surface area contributed by atoms with Crippen molar-refractivity contribution in [2.45, 2.75) is 37.3 Å². The standard InChI is InChI=1S/C14H15ClF3N5O/c15-13-20-10-8(11(21-13)23-5-6-3-7(23)4-6)19-12-9(14(16,17)18)24-2-1-22(10)12/h6-7,9,12,19H,1-5H2. The zero-order valence-corrected chi connectivity index (χ0v) is 13.3. The summed E-state index contributed by atoms with van der Waals surface area (Å²) in [6.45, 7) is 1.19. The highest BCUT2D eigenvalue weighted by Gasteiger charge is 2.54. The summed E-state index contributed by atoms with van der Waals surface area (Å²) in [5.41, 5.74) is 0.539. The lowest BCUT2D eigenvalue weighted by Crippen LogP contribution is -2.58. The summed E-state index contributed by atoms with van der Waals surface area (Å²) in [5, 5.41) is 3.02. The van der Waals surface area contributed by atoms with Crippen molar-refractivity contribution < 1.29 is 17.9 Å². The molecule has 24 heavy (non-hydrogen) atoms. The number of nitrogens with zero attached hydrogens (tertiary/aromatic N) is 4. The van der Waals surface area contributed by atoms with Gasteiger partial charge in [-0.05, 0) is 30.4 Å². The van der Waals surface area contributed by atoms with Crippen molar-refractivity contribution in [3.8, 4) is 0 Å². The normalized spacial score (nSPS) is 33.8. The summed E-state index contributed by atoms with van der Waals surface area (Å²) in [5.74, 6) is 1.71. The summed E-state index contributed by atoms with van der Waals surface area (Å²) >= 11 is 6.07. The number of rotatable bonds is 1. The molecule has 2 unspecified atom stereocenters. The molecule has 6 nitrogen and oxygen atoms in total. The monoisotopic (exact) mass is 361 g/mol. The molecule has 1 saturated carbocycles. The van der Waals surface area contributed by atoms with Crippen LogP contribution >= 0.6 is 11.6 Å². The van der Waals surface area contributed by atoms with Gasteiger partial charge in [-0.2, -0.15) is 23.1 Å². The average Bonchev–Trinajstić information content (AvgIpc) is 3.15. The Morgan fingerprint density at radius 2 is 1.88 bits per heavy atom. The van der Waals surface area contributed by atoms with E-state index in [1.54, 1.807) is 4.90 Å². The molecule has 0 spiro atoms. The van der Waals surface area contributed by atoms with Crippen LogP contribution in [0.15, 0.2) is 0 Å². The molecular weight excluding hydrogens is 347 g/mol. The molecule has 2 bridgehead atoms. The summed E-state index contributed by atoms with van der Waals surface area (Å²) in [4.78, 5) is 12.2. The van der Waals surface area contributed by atoms with E-state index in [1.807, 2.05) is 0 Å². The van der Waals surface area contributed by atoms with Crippen LogP contribution in [0.25, 0.3) is 0 Å². The summed E-state index contributed by atoms with van der Waals surface area (Å²) in [6.07, 6.45) is -5.17. The Labute approximate surface area is 140 Å². The minimum absolute atomic E-state index is 0.00678. The number of nitrogens with one attached hydrogen (secondary N) is 1. The van der Waals surface area contributed by atoms with Crippen molar-refractivity contribution >= 4 is 28.9 Å². The van der Waals surface area contributed by atoms with E-state index < -0.39 is 18.4 Å². The fraction of sp³-hybridized carbons (Fsp3) is 0.714. The molecule has 1 aromatic heterocycles. The van der Waals surface area contributed by atoms with Gasteiger partial charge >= 0.3 is 6.18 Å². The fourth-order valence-corrected chi connectivity index (χ4v) is 4.39. The van der Waals surface area contributed by atoms with E-state index in [-0.39, 0.29) is 11.9 Å². The van der Waals surface area contributed by atoms with Crippen LogP contribution in [0, 0.1) is 5.92 Å². The van der Waals surface area contributed by atoms with Gasteiger partial charge in [0, 0.05) is 19.1 Å². The SMILES string of the molecule is FC(F)(F)C1OCCN2c3nc(Cl)nc(N4CC5CC4C5)c3NC12. The third-order valence-corrected chi connectivity index (χ3v) is 5.53. The molecule has 1 aromatic rings. The number of aromatic nitrogens is 2. The molecule has 0 radical (unpaired) electrons. The Balaban J connectivity index is 1.56. The second kappa shape index (κ2) is 4.78. The van der Waals surface area contributed by atoms with E-state index in [9.17, 15) is 13.2 Å². The lowest BCUT2D eigenvalue weighted by molar-refractivity contribution is -0.229. The lowest BCUT2D eigenvalue weighted by atomic mass is 9.86. The predicted octanol–water partition coefficient (Wildman–Crippen LogP) is 2.25. The first-order valence-electron chi connectivity index (χ1n) is 7.97. The van der Waals surface area contributed by atoms with Gasteiger partial charge in [0.2, 0.25) is 5.28 Å². The molecule has 6 rings (SSSR count). The first kappa shape index (κ1) is 14.8. The molecule has 1 aliphatic carbocycles. The third kappa shape index (κ3) is 2.00. The summed E-state index contributed by atoms with van der Waals surface area (Å²) in [6, 6.07) is 0.402. The van der Waals surface area contributed by atoms with E-state index >= 15 is 0 Å². The van der Waals surface area contributed by atoms with Gasteiger partial charge in [-0.15, -0.1) is 0 Å². The second-order valence-corrected chi connectivity index (χ2v) is 7.11. The molecule has 5 heterocycles. The molecule has 0 amide bonds. The largest absolute Gasteiger partial charge is 0.418 e. The van der Waals surface area contributed by atoms with Crippen molar-refractivity contribution in [1.82, 2.24) is 9.97 Å². The highest BCUT2D eigenvalue weighted by Crippen LogP contribution is 2.49. The smallest absolute Gasteiger partial charge is 0.363 e. The molecule has 5 aliphatic rings. The first-order valence-corrected chi connectivity index (χ1v) is 8.35. The first-order chi connectivity index (χ1) is 11.4. The van der Waals surface area contributed by atoms with Crippen LogP contribution in [0.1, 0.15) is 12.8 Å². The maximum atomic E-state index is 13.3. The Morgan fingerprint density at radius 1 is 1.17 bits per heavy atom. The summed E-state index contributed by atoms with van der Waals surface area (Å²) < 4.78 is 44.9. The molecule has 4 aliphatic heterocycles. The van der Waals surface area contributed by atoms with Crippen LogP contribution in [0.4, 0.5) is 30.5 Å². The topological polar surface area (TPSA) is 53.5 Å². The molecular formula is C14H15ClF3N5O. The minimum atomic E-state index is -4.45. The average molecular weight is 362 g/mol. The third-order valence-electron chi connectivity index (χ3n) is 5.36. The quantitative estimate of drug-likeness (QED) is 0.774. The Kier molecular flexibility index (Phi) is 2.96. The van der Waals surface area contributed by atoms with Crippen LogP contribution in [-0.2, 0) is 4.74 Å². The van der Waals surface area contributed by atoms with E-state index in [0.717, 1.165) is 19.4 Å². The number of hydrogen-bond donors (Lipinski definition) is 1. The minimum Gasteiger partial charge on any atom is -0.363 e. The zero-order chi connectivity index (χ0) is 16.6. The van der Waals surface area contributed by atoms with Crippen molar-refractivity contribution in [3.05, 3.63) is 5.28 Å². The van der Waals surface area contributed by atoms with Crippen LogP contribution in [0.3, 0.4) is 0 Å². The van der Waals surface area contributed by atoms with Crippen LogP contribution in [0.5, 0.6) is 0 Å². The van der Waals surface area contributed by atoms with Gasteiger partial charge in [-0.1, -0.05) is 0 Å². The lowest BCUT2D eigenvalue weighted by Gasteiger charge is -2.37. The van der Waals surface area contributed by atoms with Gasteiger partial charge in [-0.3, -0.25) is 0 Å². The maximum Gasteiger partial charge on any atom is 0.418 e. The van der Waals surface area contributed by atoms with E-state index in [1.165, 1.54) is 0 Å². The molecule has 130 valence electrons.